The maximum atomic E-state index is 12.9. The molecule has 4 rings (SSSR count). The number of hydrogen-bond donors (Lipinski definition) is 2. The summed E-state index contributed by atoms with van der Waals surface area (Å²) in [4.78, 5) is 12.3. The number of carbonyl (C=O) groups is 1. The Morgan fingerprint density at radius 3 is 2.65 bits per heavy atom. The number of hydrogen-bond acceptors (Lipinski definition) is 4. The number of hydrazone groups is 1. The lowest BCUT2D eigenvalue weighted by atomic mass is 10.1. The predicted molar refractivity (Wildman–Crippen MR) is 116 cm³/mol. The Labute approximate surface area is 178 Å². The minimum absolute atomic E-state index is 0.266. The number of nitrogens with zero attached hydrogens (tertiary/aromatic N) is 2. The standard InChI is InChI=1S/C24H19FN4O2/c25-20-11-9-17(10-12-20)15-26-29-24(30)23-14-22(27-28-23)19-7-4-8-21(13-19)31-16-18-5-2-1-3-6-18/h1-15H,16H2,(H,27,28)(H,29,30). The Kier molecular flexibility index (Phi) is 6.13. The molecule has 0 fully saturated rings. The van der Waals surface area contributed by atoms with Gasteiger partial charge in [-0.2, -0.15) is 10.2 Å². The highest BCUT2D eigenvalue weighted by molar-refractivity contribution is 5.94. The van der Waals surface area contributed by atoms with Crippen LogP contribution in [0.5, 0.6) is 5.75 Å². The third kappa shape index (κ3) is 5.42. The number of rotatable bonds is 7. The molecule has 4 aromatic rings. The number of amides is 1. The van der Waals surface area contributed by atoms with Crippen molar-refractivity contribution in [3.63, 3.8) is 0 Å². The van der Waals surface area contributed by atoms with Crippen LogP contribution in [0, 0.1) is 5.82 Å². The summed E-state index contributed by atoms with van der Waals surface area (Å²) < 4.78 is 18.8. The van der Waals surface area contributed by atoms with E-state index in [0.29, 0.717) is 23.6 Å². The average molecular weight is 414 g/mol. The van der Waals surface area contributed by atoms with E-state index in [1.807, 2.05) is 54.6 Å². The molecule has 1 aromatic heterocycles. The summed E-state index contributed by atoms with van der Waals surface area (Å²) in [5.41, 5.74) is 5.85. The monoisotopic (exact) mass is 414 g/mol. The SMILES string of the molecule is O=C(NN=Cc1ccc(F)cc1)c1cc(-c2cccc(OCc3ccccc3)c2)n[nH]1. The van der Waals surface area contributed by atoms with Gasteiger partial charge in [-0.1, -0.05) is 54.6 Å². The van der Waals surface area contributed by atoms with Gasteiger partial charge in [0.05, 0.1) is 11.9 Å². The van der Waals surface area contributed by atoms with Crippen LogP contribution in [0.2, 0.25) is 0 Å². The maximum absolute atomic E-state index is 12.9. The fourth-order valence-electron chi connectivity index (χ4n) is 2.85. The van der Waals surface area contributed by atoms with E-state index in [0.717, 1.165) is 11.1 Å². The number of nitrogens with one attached hydrogen (secondary N) is 2. The quantitative estimate of drug-likeness (QED) is 0.344. The Morgan fingerprint density at radius 1 is 1.03 bits per heavy atom. The molecule has 6 nitrogen and oxygen atoms in total. The predicted octanol–water partition coefficient (Wildman–Crippen LogP) is 4.56. The van der Waals surface area contributed by atoms with Crippen LogP contribution < -0.4 is 10.2 Å². The molecule has 0 aliphatic carbocycles. The van der Waals surface area contributed by atoms with E-state index in [9.17, 15) is 9.18 Å². The number of aromatic amines is 1. The number of carbonyl (C=O) groups excluding carboxylic acids is 1. The summed E-state index contributed by atoms with van der Waals surface area (Å²) in [6.07, 6.45) is 1.43. The van der Waals surface area contributed by atoms with Crippen LogP contribution in [0.4, 0.5) is 4.39 Å². The number of halogens is 1. The van der Waals surface area contributed by atoms with E-state index in [4.69, 9.17) is 4.74 Å². The van der Waals surface area contributed by atoms with Crippen LogP contribution in [0.15, 0.2) is 90.0 Å². The molecule has 2 N–H and O–H groups in total. The van der Waals surface area contributed by atoms with Gasteiger partial charge in [-0.25, -0.2) is 9.82 Å². The van der Waals surface area contributed by atoms with Crippen molar-refractivity contribution < 1.29 is 13.9 Å². The highest BCUT2D eigenvalue weighted by atomic mass is 19.1. The molecule has 0 radical (unpaired) electrons. The first-order valence-corrected chi connectivity index (χ1v) is 9.59. The third-order valence-corrected chi connectivity index (χ3v) is 4.45. The summed E-state index contributed by atoms with van der Waals surface area (Å²) >= 11 is 0. The maximum Gasteiger partial charge on any atom is 0.289 e. The molecule has 0 spiro atoms. The molecule has 0 unspecified atom stereocenters. The molecular weight excluding hydrogens is 395 g/mol. The first kappa shape index (κ1) is 20.0. The smallest absolute Gasteiger partial charge is 0.289 e. The molecule has 0 atom stereocenters. The van der Waals surface area contributed by atoms with Crippen molar-refractivity contribution in [1.82, 2.24) is 15.6 Å². The molecule has 0 saturated carbocycles. The first-order chi connectivity index (χ1) is 15.2. The van der Waals surface area contributed by atoms with Crippen LogP contribution in [-0.4, -0.2) is 22.3 Å². The van der Waals surface area contributed by atoms with E-state index in [-0.39, 0.29) is 11.5 Å². The summed E-state index contributed by atoms with van der Waals surface area (Å²) in [5, 5.41) is 10.8. The summed E-state index contributed by atoms with van der Waals surface area (Å²) in [6.45, 7) is 0.463. The largest absolute Gasteiger partial charge is 0.489 e. The van der Waals surface area contributed by atoms with E-state index < -0.39 is 5.91 Å². The minimum atomic E-state index is -0.436. The molecule has 0 aliphatic rings. The van der Waals surface area contributed by atoms with Gasteiger partial charge >= 0.3 is 0 Å². The van der Waals surface area contributed by atoms with Gasteiger partial charge in [-0.15, -0.1) is 0 Å². The summed E-state index contributed by atoms with van der Waals surface area (Å²) in [6, 6.07) is 24.8. The molecular formula is C24H19FN4O2. The van der Waals surface area contributed by atoms with Crippen LogP contribution in [0.25, 0.3) is 11.3 Å². The van der Waals surface area contributed by atoms with Gasteiger partial charge in [-0.05, 0) is 41.5 Å². The summed E-state index contributed by atoms with van der Waals surface area (Å²) in [5.74, 6) is -0.0615. The normalized spacial score (nSPS) is 10.9. The zero-order valence-corrected chi connectivity index (χ0v) is 16.5. The average Bonchev–Trinajstić information content (AvgIpc) is 3.30. The molecule has 0 saturated heterocycles. The van der Waals surface area contributed by atoms with Crippen LogP contribution in [0.1, 0.15) is 21.6 Å². The van der Waals surface area contributed by atoms with Crippen LogP contribution in [0.3, 0.4) is 0 Å². The van der Waals surface area contributed by atoms with Gasteiger partial charge < -0.3 is 4.74 Å². The van der Waals surface area contributed by atoms with Gasteiger partial charge in [0.2, 0.25) is 0 Å². The van der Waals surface area contributed by atoms with Crippen molar-refractivity contribution in [1.29, 1.82) is 0 Å². The van der Waals surface area contributed by atoms with Crippen molar-refractivity contribution >= 4 is 12.1 Å². The van der Waals surface area contributed by atoms with Gasteiger partial charge in [0.15, 0.2) is 0 Å². The second-order valence-corrected chi connectivity index (χ2v) is 6.72. The van der Waals surface area contributed by atoms with Crippen molar-refractivity contribution in [3.8, 4) is 17.0 Å². The van der Waals surface area contributed by atoms with Gasteiger partial charge in [-0.3, -0.25) is 9.89 Å². The van der Waals surface area contributed by atoms with Crippen molar-refractivity contribution in [2.75, 3.05) is 0 Å². The zero-order valence-electron chi connectivity index (χ0n) is 16.5. The second kappa shape index (κ2) is 9.49. The lowest BCUT2D eigenvalue weighted by molar-refractivity contribution is 0.0950. The van der Waals surface area contributed by atoms with Crippen LogP contribution >= 0.6 is 0 Å². The van der Waals surface area contributed by atoms with E-state index >= 15 is 0 Å². The summed E-state index contributed by atoms with van der Waals surface area (Å²) in [7, 11) is 0. The Hall–Kier alpha value is -4.26. The highest BCUT2D eigenvalue weighted by Crippen LogP contribution is 2.23. The lowest BCUT2D eigenvalue weighted by Gasteiger charge is -2.07. The van der Waals surface area contributed by atoms with Crippen LogP contribution in [-0.2, 0) is 6.61 Å². The molecule has 31 heavy (non-hydrogen) atoms. The molecule has 0 bridgehead atoms. The highest BCUT2D eigenvalue weighted by Gasteiger charge is 2.11. The molecule has 3 aromatic carbocycles. The van der Waals surface area contributed by atoms with E-state index in [1.54, 1.807) is 18.2 Å². The lowest BCUT2D eigenvalue weighted by Crippen LogP contribution is -2.17. The van der Waals surface area contributed by atoms with E-state index in [1.165, 1.54) is 18.3 Å². The topological polar surface area (TPSA) is 79.4 Å². The Balaban J connectivity index is 1.38. The fraction of sp³-hybridized carbons (Fsp3) is 0.0417. The number of H-pyrrole nitrogens is 1. The van der Waals surface area contributed by atoms with Crippen molar-refractivity contribution in [2.24, 2.45) is 5.10 Å². The number of aromatic nitrogens is 2. The molecule has 7 heteroatoms. The molecule has 1 heterocycles. The molecule has 154 valence electrons. The number of ether oxygens (including phenoxy) is 1. The molecule has 1 amide bonds. The number of benzene rings is 3. The second-order valence-electron chi connectivity index (χ2n) is 6.72. The van der Waals surface area contributed by atoms with Gasteiger partial charge in [0.25, 0.3) is 5.91 Å². The van der Waals surface area contributed by atoms with E-state index in [2.05, 4.69) is 20.7 Å². The Bertz CT molecular complexity index is 1190. The van der Waals surface area contributed by atoms with Crippen molar-refractivity contribution in [3.05, 3.63) is 108 Å². The van der Waals surface area contributed by atoms with Crippen molar-refractivity contribution in [2.45, 2.75) is 6.61 Å². The zero-order chi connectivity index (χ0) is 21.5. The van der Waals surface area contributed by atoms with Gasteiger partial charge in [0, 0.05) is 5.56 Å². The first-order valence-electron chi connectivity index (χ1n) is 9.59. The Morgan fingerprint density at radius 2 is 1.84 bits per heavy atom. The van der Waals surface area contributed by atoms with Gasteiger partial charge in [0.1, 0.15) is 23.9 Å². The fourth-order valence-corrected chi connectivity index (χ4v) is 2.85. The third-order valence-electron chi connectivity index (χ3n) is 4.45. The minimum Gasteiger partial charge on any atom is -0.489 e. The molecule has 0 aliphatic heterocycles.